The molecule has 8 heteroatoms. The number of halogens is 4. The van der Waals surface area contributed by atoms with E-state index < -0.39 is 11.7 Å². The summed E-state index contributed by atoms with van der Waals surface area (Å²) >= 11 is 6.29. The molecule has 0 amide bonds. The molecule has 0 unspecified atom stereocenters. The van der Waals surface area contributed by atoms with Gasteiger partial charge in [-0.25, -0.2) is 4.98 Å². The lowest BCUT2D eigenvalue weighted by atomic mass is 9.86. The number of nitrogens with zero attached hydrogens (tertiary/aromatic N) is 3. The Balaban J connectivity index is 1.86. The molecule has 4 rings (SSSR count). The molecule has 0 bridgehead atoms. The smallest absolute Gasteiger partial charge is 0.315 e. The van der Waals surface area contributed by atoms with Crippen LogP contribution in [-0.2, 0) is 18.1 Å². The number of benzene rings is 1. The van der Waals surface area contributed by atoms with Crippen molar-refractivity contribution in [3.05, 3.63) is 58.4 Å². The van der Waals surface area contributed by atoms with Crippen molar-refractivity contribution in [1.82, 2.24) is 19.6 Å². The number of pyridine rings is 1. The maximum atomic E-state index is 13.5. The fourth-order valence-electron chi connectivity index (χ4n) is 4.09. The van der Waals surface area contributed by atoms with Gasteiger partial charge in [-0.15, -0.1) is 0 Å². The second kappa shape index (κ2) is 8.69. The number of nitrogens with one attached hydrogen (secondary N) is 1. The van der Waals surface area contributed by atoms with Crippen LogP contribution in [0.2, 0.25) is 5.02 Å². The molecule has 2 aromatic heterocycles. The Labute approximate surface area is 191 Å². The van der Waals surface area contributed by atoms with Gasteiger partial charge in [-0.05, 0) is 36.6 Å². The highest BCUT2D eigenvalue weighted by atomic mass is 35.5. The average molecular weight is 465 g/mol. The first-order chi connectivity index (χ1) is 15.0. The lowest BCUT2D eigenvalue weighted by Crippen LogP contribution is -2.28. The number of aromatic nitrogens is 2. The van der Waals surface area contributed by atoms with Crippen molar-refractivity contribution >= 4 is 17.2 Å². The molecule has 32 heavy (non-hydrogen) atoms. The fourth-order valence-corrected chi connectivity index (χ4v) is 4.34. The van der Waals surface area contributed by atoms with Gasteiger partial charge in [0.25, 0.3) is 0 Å². The lowest BCUT2D eigenvalue weighted by molar-refractivity contribution is -0.137. The zero-order valence-corrected chi connectivity index (χ0v) is 19.3. The van der Waals surface area contributed by atoms with Gasteiger partial charge in [0.05, 0.1) is 22.0 Å². The van der Waals surface area contributed by atoms with Crippen LogP contribution in [0.25, 0.3) is 16.9 Å². The molecular formula is C24H28ClF3N4. The molecule has 172 valence electrons. The summed E-state index contributed by atoms with van der Waals surface area (Å²) in [5.74, 6) is 0. The van der Waals surface area contributed by atoms with Crippen molar-refractivity contribution in [3.63, 3.8) is 0 Å². The third-order valence-electron chi connectivity index (χ3n) is 5.93. The zero-order chi connectivity index (χ0) is 23.1. The first-order valence-corrected chi connectivity index (χ1v) is 11.2. The zero-order valence-electron chi connectivity index (χ0n) is 18.6. The molecule has 1 aliphatic heterocycles. The monoisotopic (exact) mass is 464 g/mol. The normalized spacial score (nSPS) is 16.5. The molecule has 1 aliphatic rings. The minimum atomic E-state index is -4.49. The van der Waals surface area contributed by atoms with Gasteiger partial charge in [-0.3, -0.25) is 4.90 Å². The van der Waals surface area contributed by atoms with E-state index in [1.54, 1.807) is 0 Å². The van der Waals surface area contributed by atoms with E-state index in [1.807, 2.05) is 12.1 Å². The van der Waals surface area contributed by atoms with Crippen LogP contribution in [0.15, 0.2) is 36.5 Å². The third kappa shape index (κ3) is 4.80. The van der Waals surface area contributed by atoms with Gasteiger partial charge in [-0.1, -0.05) is 56.6 Å². The summed E-state index contributed by atoms with van der Waals surface area (Å²) in [5.41, 5.74) is 3.02. The van der Waals surface area contributed by atoms with Crippen LogP contribution in [0.1, 0.15) is 44.0 Å². The van der Waals surface area contributed by atoms with Gasteiger partial charge in [0.1, 0.15) is 0 Å². The molecule has 3 aromatic rings. The Morgan fingerprint density at radius 3 is 2.41 bits per heavy atom. The van der Waals surface area contributed by atoms with Crippen molar-refractivity contribution < 1.29 is 13.2 Å². The van der Waals surface area contributed by atoms with Crippen molar-refractivity contribution in [2.45, 2.75) is 45.3 Å². The maximum absolute atomic E-state index is 13.5. The Morgan fingerprint density at radius 2 is 1.75 bits per heavy atom. The third-order valence-corrected chi connectivity index (χ3v) is 6.21. The summed E-state index contributed by atoms with van der Waals surface area (Å²) in [6.45, 7) is 10.4. The molecule has 0 saturated carbocycles. The van der Waals surface area contributed by atoms with E-state index in [-0.39, 0.29) is 10.4 Å². The Morgan fingerprint density at radius 1 is 1.03 bits per heavy atom. The molecule has 3 heterocycles. The molecule has 0 aliphatic carbocycles. The summed E-state index contributed by atoms with van der Waals surface area (Å²) in [5, 5.41) is 3.36. The first-order valence-electron chi connectivity index (χ1n) is 10.9. The van der Waals surface area contributed by atoms with Crippen LogP contribution < -0.4 is 5.32 Å². The number of fused-ring (bicyclic) bond motifs is 1. The number of hydrogen-bond acceptors (Lipinski definition) is 3. The van der Waals surface area contributed by atoms with Gasteiger partial charge in [0, 0.05) is 31.4 Å². The van der Waals surface area contributed by atoms with Crippen LogP contribution in [0.3, 0.4) is 0 Å². The van der Waals surface area contributed by atoms with Crippen molar-refractivity contribution in [1.29, 1.82) is 0 Å². The fraction of sp³-hybridized carbons (Fsp3) is 0.458. The van der Waals surface area contributed by atoms with Gasteiger partial charge in [0.2, 0.25) is 0 Å². The SMILES string of the molecule is CC(C)(C)c1ccc(-c2nc3c(Cl)cc(C(F)(F)F)cn3c2CN2CCCNCC2)cc1. The maximum Gasteiger partial charge on any atom is 0.417 e. The summed E-state index contributed by atoms with van der Waals surface area (Å²) in [6, 6.07) is 9.06. The summed E-state index contributed by atoms with van der Waals surface area (Å²) in [6.07, 6.45) is -2.38. The molecule has 1 N–H and O–H groups in total. The van der Waals surface area contributed by atoms with Crippen molar-refractivity contribution in [2.24, 2.45) is 0 Å². The number of rotatable bonds is 3. The Kier molecular flexibility index (Phi) is 6.27. The van der Waals surface area contributed by atoms with E-state index in [2.05, 4.69) is 43.1 Å². The molecule has 1 saturated heterocycles. The molecule has 0 atom stereocenters. The summed E-state index contributed by atoms with van der Waals surface area (Å²) in [7, 11) is 0. The predicted molar refractivity (Wildman–Crippen MR) is 122 cm³/mol. The molecule has 4 nitrogen and oxygen atoms in total. The molecule has 0 spiro atoms. The van der Waals surface area contributed by atoms with E-state index in [0.29, 0.717) is 17.9 Å². The van der Waals surface area contributed by atoms with Crippen LogP contribution in [-0.4, -0.2) is 40.5 Å². The molecule has 0 radical (unpaired) electrons. The number of hydrogen-bond donors (Lipinski definition) is 1. The van der Waals surface area contributed by atoms with Crippen LogP contribution in [0.5, 0.6) is 0 Å². The highest BCUT2D eigenvalue weighted by Gasteiger charge is 2.33. The summed E-state index contributed by atoms with van der Waals surface area (Å²) < 4.78 is 42.1. The second-order valence-corrected chi connectivity index (χ2v) is 9.79. The van der Waals surface area contributed by atoms with Crippen LogP contribution in [0, 0.1) is 0 Å². The molecule has 1 aromatic carbocycles. The van der Waals surface area contributed by atoms with E-state index in [1.165, 1.54) is 9.96 Å². The van der Waals surface area contributed by atoms with E-state index in [0.717, 1.165) is 56.1 Å². The van der Waals surface area contributed by atoms with E-state index in [4.69, 9.17) is 16.6 Å². The Bertz CT molecular complexity index is 1090. The van der Waals surface area contributed by atoms with Gasteiger partial charge in [0.15, 0.2) is 5.65 Å². The first kappa shape index (κ1) is 23.1. The number of imidazole rings is 1. The average Bonchev–Trinajstić information content (AvgIpc) is 2.89. The highest BCUT2D eigenvalue weighted by Crippen LogP contribution is 2.35. The quantitative estimate of drug-likeness (QED) is 0.534. The largest absolute Gasteiger partial charge is 0.417 e. The Hall–Kier alpha value is -2.09. The number of alkyl halides is 3. The van der Waals surface area contributed by atoms with Crippen LogP contribution in [0.4, 0.5) is 13.2 Å². The summed E-state index contributed by atoms with van der Waals surface area (Å²) in [4.78, 5) is 6.96. The topological polar surface area (TPSA) is 32.6 Å². The van der Waals surface area contributed by atoms with E-state index >= 15 is 0 Å². The van der Waals surface area contributed by atoms with E-state index in [9.17, 15) is 13.2 Å². The van der Waals surface area contributed by atoms with Crippen molar-refractivity contribution in [2.75, 3.05) is 26.2 Å². The van der Waals surface area contributed by atoms with Gasteiger partial charge in [-0.2, -0.15) is 13.2 Å². The van der Waals surface area contributed by atoms with Gasteiger partial charge < -0.3 is 9.72 Å². The standard InChI is InChI=1S/C24H28ClF3N4/c1-23(2,3)17-7-5-16(6-8-17)21-20(15-31-11-4-9-29-10-12-31)32-14-18(24(26,27)28)13-19(25)22(32)30-21/h5-8,13-14,29H,4,9-12,15H2,1-3H3. The van der Waals surface area contributed by atoms with Crippen molar-refractivity contribution in [3.8, 4) is 11.3 Å². The predicted octanol–water partition coefficient (Wildman–Crippen LogP) is 5.77. The minimum absolute atomic E-state index is 0.00355. The van der Waals surface area contributed by atoms with Gasteiger partial charge >= 0.3 is 6.18 Å². The molecular weight excluding hydrogens is 437 g/mol. The highest BCUT2D eigenvalue weighted by molar-refractivity contribution is 6.33. The lowest BCUT2D eigenvalue weighted by Gasteiger charge is -2.21. The second-order valence-electron chi connectivity index (χ2n) is 9.38. The van der Waals surface area contributed by atoms with Crippen LogP contribution >= 0.6 is 11.6 Å². The molecule has 1 fully saturated rings. The minimum Gasteiger partial charge on any atom is -0.315 e.